The van der Waals surface area contributed by atoms with Crippen LogP contribution in [0, 0.1) is 12.7 Å². The lowest BCUT2D eigenvalue weighted by Gasteiger charge is -2.26. The van der Waals surface area contributed by atoms with Crippen molar-refractivity contribution < 1.29 is 22.3 Å². The average molecular weight is 486 g/mol. The molecular formula is C19H21BrFN3O4S. The zero-order valence-electron chi connectivity index (χ0n) is 15.7. The predicted molar refractivity (Wildman–Crippen MR) is 112 cm³/mol. The Morgan fingerprint density at radius 2 is 1.86 bits per heavy atom. The van der Waals surface area contributed by atoms with Gasteiger partial charge in [0.2, 0.25) is 15.9 Å². The Morgan fingerprint density at radius 1 is 1.17 bits per heavy atom. The van der Waals surface area contributed by atoms with Crippen LogP contribution in [0.5, 0.6) is 0 Å². The Hall–Kier alpha value is -2.01. The van der Waals surface area contributed by atoms with Gasteiger partial charge in [0.15, 0.2) is 0 Å². The molecule has 1 saturated heterocycles. The van der Waals surface area contributed by atoms with Gasteiger partial charge in [0, 0.05) is 28.9 Å². The van der Waals surface area contributed by atoms with Crippen molar-refractivity contribution >= 4 is 43.2 Å². The van der Waals surface area contributed by atoms with Crippen molar-refractivity contribution in [3.8, 4) is 0 Å². The molecule has 1 fully saturated rings. The van der Waals surface area contributed by atoms with Crippen molar-refractivity contribution in [1.29, 1.82) is 0 Å². The van der Waals surface area contributed by atoms with Gasteiger partial charge >= 0.3 is 0 Å². The van der Waals surface area contributed by atoms with Crippen LogP contribution in [0.2, 0.25) is 0 Å². The largest absolute Gasteiger partial charge is 0.379 e. The molecule has 1 aliphatic rings. The van der Waals surface area contributed by atoms with Crippen LogP contribution in [0.25, 0.3) is 0 Å². The SMILES string of the molecule is Cc1cc(NC(=O)CNc2ccc(F)c(S(=O)(=O)N3CCOCC3)c2)ccc1Br. The molecule has 1 aliphatic heterocycles. The highest BCUT2D eigenvalue weighted by atomic mass is 79.9. The summed E-state index contributed by atoms with van der Waals surface area (Å²) < 4.78 is 47.0. The van der Waals surface area contributed by atoms with Crippen LogP contribution in [0.1, 0.15) is 5.56 Å². The van der Waals surface area contributed by atoms with Crippen LogP contribution in [-0.2, 0) is 19.6 Å². The number of hydrogen-bond donors (Lipinski definition) is 2. The number of carbonyl (C=O) groups excluding carboxylic acids is 1. The summed E-state index contributed by atoms with van der Waals surface area (Å²) in [5, 5.41) is 5.59. The third kappa shape index (κ3) is 5.33. The van der Waals surface area contributed by atoms with Crippen molar-refractivity contribution in [3.63, 3.8) is 0 Å². The number of benzene rings is 2. The molecule has 0 spiro atoms. The van der Waals surface area contributed by atoms with E-state index in [1.807, 2.05) is 19.1 Å². The van der Waals surface area contributed by atoms with Gasteiger partial charge in [-0.2, -0.15) is 4.31 Å². The molecule has 7 nitrogen and oxygen atoms in total. The summed E-state index contributed by atoms with van der Waals surface area (Å²) in [5.74, 6) is -1.15. The number of sulfonamides is 1. The molecule has 156 valence electrons. The highest BCUT2D eigenvalue weighted by Gasteiger charge is 2.29. The van der Waals surface area contributed by atoms with Gasteiger partial charge in [0.1, 0.15) is 10.7 Å². The topological polar surface area (TPSA) is 87.7 Å². The van der Waals surface area contributed by atoms with Crippen LogP contribution in [0.4, 0.5) is 15.8 Å². The van der Waals surface area contributed by atoms with Crippen molar-refractivity contribution in [3.05, 3.63) is 52.3 Å². The normalized spacial score (nSPS) is 15.1. The number of halogens is 2. The maximum Gasteiger partial charge on any atom is 0.246 e. The van der Waals surface area contributed by atoms with Crippen LogP contribution in [-0.4, -0.2) is 51.5 Å². The van der Waals surface area contributed by atoms with Crippen molar-refractivity contribution in [1.82, 2.24) is 4.31 Å². The third-order valence-electron chi connectivity index (χ3n) is 4.41. The van der Waals surface area contributed by atoms with Gasteiger partial charge in [-0.1, -0.05) is 15.9 Å². The molecule has 0 aromatic heterocycles. The second-order valence-electron chi connectivity index (χ2n) is 6.53. The highest BCUT2D eigenvalue weighted by molar-refractivity contribution is 9.10. The first kappa shape index (κ1) is 21.7. The van der Waals surface area contributed by atoms with Crippen molar-refractivity contribution in [2.24, 2.45) is 0 Å². The fraction of sp³-hybridized carbons (Fsp3) is 0.316. The number of nitrogens with one attached hydrogen (secondary N) is 2. The lowest BCUT2D eigenvalue weighted by Crippen LogP contribution is -2.40. The van der Waals surface area contributed by atoms with E-state index in [1.54, 1.807) is 6.07 Å². The molecule has 1 heterocycles. The number of anilines is 2. The highest BCUT2D eigenvalue weighted by Crippen LogP contribution is 2.24. The number of carbonyl (C=O) groups is 1. The molecule has 0 bridgehead atoms. The first-order chi connectivity index (χ1) is 13.8. The van der Waals surface area contributed by atoms with E-state index in [0.717, 1.165) is 16.1 Å². The maximum atomic E-state index is 14.2. The Bertz CT molecular complexity index is 1010. The first-order valence-electron chi connectivity index (χ1n) is 8.95. The minimum Gasteiger partial charge on any atom is -0.379 e. The number of ether oxygens (including phenoxy) is 1. The lowest BCUT2D eigenvalue weighted by molar-refractivity contribution is -0.114. The monoisotopic (exact) mass is 485 g/mol. The van der Waals surface area contributed by atoms with Gasteiger partial charge in [-0.05, 0) is 48.9 Å². The number of rotatable bonds is 6. The zero-order chi connectivity index (χ0) is 21.0. The molecule has 0 atom stereocenters. The van der Waals surface area contributed by atoms with Gasteiger partial charge in [-0.15, -0.1) is 0 Å². The maximum absolute atomic E-state index is 14.2. The van der Waals surface area contributed by atoms with Crippen molar-refractivity contribution in [2.45, 2.75) is 11.8 Å². The number of morpholine rings is 1. The molecule has 3 rings (SSSR count). The summed E-state index contributed by atoms with van der Waals surface area (Å²) in [6.45, 7) is 2.70. The molecule has 2 aromatic rings. The first-order valence-corrected chi connectivity index (χ1v) is 11.2. The molecular weight excluding hydrogens is 465 g/mol. The fourth-order valence-corrected chi connectivity index (χ4v) is 4.59. The van der Waals surface area contributed by atoms with E-state index in [0.29, 0.717) is 11.4 Å². The second kappa shape index (κ2) is 9.21. The summed E-state index contributed by atoms with van der Waals surface area (Å²) >= 11 is 3.40. The third-order valence-corrected chi connectivity index (χ3v) is 7.22. The predicted octanol–water partition coefficient (Wildman–Crippen LogP) is 2.97. The number of amides is 1. The van der Waals surface area contributed by atoms with Gasteiger partial charge in [0.05, 0.1) is 19.8 Å². The minimum absolute atomic E-state index is 0.0994. The zero-order valence-corrected chi connectivity index (χ0v) is 18.1. The number of nitrogens with zero attached hydrogens (tertiary/aromatic N) is 1. The summed E-state index contributed by atoms with van der Waals surface area (Å²) in [6, 6.07) is 9.10. The van der Waals surface area contributed by atoms with Crippen LogP contribution in [0.15, 0.2) is 45.8 Å². The quantitative estimate of drug-likeness (QED) is 0.656. The molecule has 1 amide bonds. The summed E-state index contributed by atoms with van der Waals surface area (Å²) in [7, 11) is -3.98. The lowest BCUT2D eigenvalue weighted by atomic mass is 10.2. The van der Waals surface area contributed by atoms with Crippen LogP contribution < -0.4 is 10.6 Å². The van der Waals surface area contributed by atoms with Crippen molar-refractivity contribution in [2.75, 3.05) is 43.5 Å². The van der Waals surface area contributed by atoms with Gasteiger partial charge in [-0.3, -0.25) is 4.79 Å². The molecule has 2 N–H and O–H groups in total. The average Bonchev–Trinajstić information content (AvgIpc) is 2.70. The Balaban J connectivity index is 1.67. The fourth-order valence-electron chi connectivity index (χ4n) is 2.85. The van der Waals surface area contributed by atoms with E-state index >= 15 is 0 Å². The van der Waals surface area contributed by atoms with E-state index in [-0.39, 0.29) is 38.8 Å². The number of hydrogen-bond acceptors (Lipinski definition) is 5. The molecule has 0 radical (unpaired) electrons. The van der Waals surface area contributed by atoms with Crippen LogP contribution >= 0.6 is 15.9 Å². The molecule has 0 unspecified atom stereocenters. The Labute approximate surface area is 177 Å². The molecule has 2 aromatic carbocycles. The van der Waals surface area contributed by atoms with E-state index in [4.69, 9.17) is 4.74 Å². The number of aryl methyl sites for hydroxylation is 1. The van der Waals surface area contributed by atoms with E-state index in [1.165, 1.54) is 16.4 Å². The van der Waals surface area contributed by atoms with Gasteiger partial charge in [0.25, 0.3) is 0 Å². The van der Waals surface area contributed by atoms with Gasteiger partial charge < -0.3 is 15.4 Å². The summed E-state index contributed by atoms with van der Waals surface area (Å²) in [4.78, 5) is 11.8. The van der Waals surface area contributed by atoms with E-state index < -0.39 is 20.7 Å². The van der Waals surface area contributed by atoms with Gasteiger partial charge in [-0.25, -0.2) is 12.8 Å². The van der Waals surface area contributed by atoms with E-state index in [2.05, 4.69) is 26.6 Å². The summed E-state index contributed by atoms with van der Waals surface area (Å²) in [5.41, 5.74) is 1.96. The Kier molecular flexibility index (Phi) is 6.89. The second-order valence-corrected chi connectivity index (χ2v) is 9.29. The van der Waals surface area contributed by atoms with E-state index in [9.17, 15) is 17.6 Å². The molecule has 29 heavy (non-hydrogen) atoms. The molecule has 0 saturated carbocycles. The van der Waals surface area contributed by atoms with Crippen LogP contribution in [0.3, 0.4) is 0 Å². The standard InChI is InChI=1S/C19H21BrFN3O4S/c1-13-10-15(2-4-16(13)20)23-19(25)12-22-14-3-5-17(21)18(11-14)29(26,27)24-6-8-28-9-7-24/h2-5,10-11,22H,6-9,12H2,1H3,(H,23,25). The smallest absolute Gasteiger partial charge is 0.246 e. The molecule has 10 heteroatoms. The molecule has 0 aliphatic carbocycles. The summed E-state index contributed by atoms with van der Waals surface area (Å²) in [6.07, 6.45) is 0. The minimum atomic E-state index is -3.98. The Morgan fingerprint density at radius 3 is 2.55 bits per heavy atom.